The summed E-state index contributed by atoms with van der Waals surface area (Å²) in [6, 6.07) is 21.3. The molecule has 1 aliphatic heterocycles. The molecule has 9 heteroatoms. The Morgan fingerprint density at radius 3 is 2.00 bits per heavy atom. The van der Waals surface area contributed by atoms with E-state index >= 15 is 0 Å². The Hall–Kier alpha value is -2.62. The maximum atomic E-state index is 12.4. The lowest BCUT2D eigenvalue weighted by atomic mass is 9.94. The Kier molecular flexibility index (Phi) is 21.5. The van der Waals surface area contributed by atoms with E-state index in [1.165, 1.54) is 12.1 Å². The molecule has 1 saturated heterocycles. The molecule has 242 valence electrons. The molecule has 43 heavy (non-hydrogen) atoms. The van der Waals surface area contributed by atoms with Gasteiger partial charge in [0.05, 0.1) is 31.5 Å². The molecule has 0 amide bonds. The van der Waals surface area contributed by atoms with Crippen molar-refractivity contribution in [2.45, 2.75) is 92.1 Å². The van der Waals surface area contributed by atoms with Gasteiger partial charge < -0.3 is 24.4 Å². The molecule has 1 fully saturated rings. The standard InChI is InChI=1S/C27H26ClF3O4.3C2H6.CH4O/c28-25-11-8-20(13-21(25)12-18-6-9-22(10-7-18)35-27(29,30)31)26-15-23(14-24(16-32)34-26)33-17-19-4-2-1-3-5-19;4*1-2/h1-11,13,23-24,26,32H,12,14-17H2;3*1-2H3;2H,1H3/t23?,24?,26-;;;;/m1..../s1. The number of halogens is 4. The second-order valence-corrected chi connectivity index (χ2v) is 8.95. The zero-order chi connectivity index (χ0) is 32.8. The van der Waals surface area contributed by atoms with Crippen LogP contribution < -0.4 is 4.74 Å². The van der Waals surface area contributed by atoms with E-state index in [2.05, 4.69) is 4.74 Å². The van der Waals surface area contributed by atoms with Crippen molar-refractivity contribution in [3.05, 3.63) is 100 Å². The minimum Gasteiger partial charge on any atom is -0.406 e. The van der Waals surface area contributed by atoms with E-state index in [0.29, 0.717) is 30.9 Å². The number of aliphatic hydroxyl groups excluding tert-OH is 2. The lowest BCUT2D eigenvalue weighted by Crippen LogP contribution is -2.35. The summed E-state index contributed by atoms with van der Waals surface area (Å²) in [5, 5.41) is 17.3. The topological polar surface area (TPSA) is 68.2 Å². The van der Waals surface area contributed by atoms with Crippen LogP contribution in [0.2, 0.25) is 5.02 Å². The first kappa shape index (κ1) is 40.4. The van der Waals surface area contributed by atoms with Gasteiger partial charge >= 0.3 is 6.36 Å². The Balaban J connectivity index is 0.00000204. The largest absolute Gasteiger partial charge is 0.573 e. The maximum Gasteiger partial charge on any atom is 0.573 e. The minimum atomic E-state index is -4.73. The monoisotopic (exact) mass is 628 g/mol. The Morgan fingerprint density at radius 1 is 0.837 bits per heavy atom. The van der Waals surface area contributed by atoms with E-state index in [-0.39, 0.29) is 30.7 Å². The molecule has 4 rings (SSSR count). The Morgan fingerprint density at radius 2 is 1.44 bits per heavy atom. The van der Waals surface area contributed by atoms with Crippen molar-refractivity contribution in [1.29, 1.82) is 0 Å². The van der Waals surface area contributed by atoms with Gasteiger partial charge in [-0.15, -0.1) is 13.2 Å². The van der Waals surface area contributed by atoms with Gasteiger partial charge in [-0.2, -0.15) is 0 Å². The number of aliphatic hydroxyl groups is 2. The first-order valence-electron chi connectivity index (χ1n) is 14.8. The second-order valence-electron chi connectivity index (χ2n) is 8.54. The number of hydrogen-bond donors (Lipinski definition) is 2. The first-order chi connectivity index (χ1) is 20.8. The number of hydrogen-bond acceptors (Lipinski definition) is 5. The van der Waals surface area contributed by atoms with Crippen molar-refractivity contribution in [3.8, 4) is 5.75 Å². The van der Waals surface area contributed by atoms with Gasteiger partial charge in [-0.3, -0.25) is 0 Å². The van der Waals surface area contributed by atoms with Gasteiger partial charge in [0.2, 0.25) is 0 Å². The molecule has 3 aromatic carbocycles. The van der Waals surface area contributed by atoms with E-state index in [1.54, 1.807) is 18.2 Å². The van der Waals surface area contributed by atoms with E-state index in [4.69, 9.17) is 26.2 Å². The maximum absolute atomic E-state index is 12.4. The van der Waals surface area contributed by atoms with Crippen LogP contribution in [0.15, 0.2) is 72.8 Å². The average Bonchev–Trinajstić information content (AvgIpc) is 3.05. The molecule has 2 unspecified atom stereocenters. The number of benzene rings is 3. The molecular formula is C34H48ClF3O5. The van der Waals surface area contributed by atoms with E-state index < -0.39 is 6.36 Å². The fraction of sp³-hybridized carbons (Fsp3) is 0.471. The van der Waals surface area contributed by atoms with Gasteiger partial charge in [-0.1, -0.05) is 108 Å². The summed E-state index contributed by atoms with van der Waals surface area (Å²) >= 11 is 6.43. The number of rotatable bonds is 8. The van der Waals surface area contributed by atoms with Crippen LogP contribution in [-0.4, -0.2) is 42.5 Å². The summed E-state index contributed by atoms with van der Waals surface area (Å²) < 4.78 is 53.4. The molecule has 0 aliphatic carbocycles. The molecule has 0 bridgehead atoms. The third kappa shape index (κ3) is 15.1. The van der Waals surface area contributed by atoms with Crippen LogP contribution in [0.25, 0.3) is 0 Å². The molecule has 0 spiro atoms. The molecule has 1 aliphatic rings. The highest BCUT2D eigenvalue weighted by Crippen LogP contribution is 2.35. The molecule has 3 atom stereocenters. The quantitative estimate of drug-likeness (QED) is 0.260. The smallest absolute Gasteiger partial charge is 0.406 e. The molecule has 2 N–H and O–H groups in total. The van der Waals surface area contributed by atoms with Gasteiger partial charge in [0, 0.05) is 25.0 Å². The zero-order valence-electron chi connectivity index (χ0n) is 26.3. The minimum absolute atomic E-state index is 0.0774. The molecule has 1 heterocycles. The molecular weight excluding hydrogens is 581 g/mol. The van der Waals surface area contributed by atoms with Crippen molar-refractivity contribution in [2.24, 2.45) is 0 Å². The van der Waals surface area contributed by atoms with Crippen LogP contribution in [0, 0.1) is 0 Å². The fourth-order valence-electron chi connectivity index (χ4n) is 4.19. The summed E-state index contributed by atoms with van der Waals surface area (Å²) in [5.41, 5.74) is 3.61. The normalized spacial score (nSPS) is 17.3. The molecule has 0 aromatic heterocycles. The van der Waals surface area contributed by atoms with Gasteiger partial charge in [0.1, 0.15) is 5.75 Å². The molecule has 3 aromatic rings. The van der Waals surface area contributed by atoms with E-state index in [1.807, 2.05) is 84.0 Å². The summed E-state index contributed by atoms with van der Waals surface area (Å²) in [4.78, 5) is 0. The summed E-state index contributed by atoms with van der Waals surface area (Å²) in [6.45, 7) is 12.4. The van der Waals surface area contributed by atoms with Crippen molar-refractivity contribution in [3.63, 3.8) is 0 Å². The van der Waals surface area contributed by atoms with Crippen molar-refractivity contribution in [2.75, 3.05) is 13.7 Å². The predicted octanol–water partition coefficient (Wildman–Crippen LogP) is 9.31. The van der Waals surface area contributed by atoms with Crippen LogP contribution in [0.1, 0.15) is 82.7 Å². The second kappa shape index (κ2) is 22.9. The highest BCUT2D eigenvalue weighted by Gasteiger charge is 2.32. The molecule has 5 nitrogen and oxygen atoms in total. The molecule has 0 saturated carbocycles. The summed E-state index contributed by atoms with van der Waals surface area (Å²) in [5.74, 6) is -0.270. The Bertz CT molecular complexity index is 1100. The van der Waals surface area contributed by atoms with Gasteiger partial charge in [-0.05, 0) is 46.9 Å². The molecule has 0 radical (unpaired) electrons. The van der Waals surface area contributed by atoms with Crippen LogP contribution in [0.5, 0.6) is 5.75 Å². The van der Waals surface area contributed by atoms with Gasteiger partial charge in [0.15, 0.2) is 0 Å². The first-order valence-corrected chi connectivity index (χ1v) is 15.2. The van der Waals surface area contributed by atoms with Gasteiger partial charge in [0.25, 0.3) is 0 Å². The number of ether oxygens (including phenoxy) is 3. The van der Waals surface area contributed by atoms with E-state index in [0.717, 1.165) is 29.4 Å². The van der Waals surface area contributed by atoms with Crippen molar-refractivity contribution < 1.29 is 37.6 Å². The summed E-state index contributed by atoms with van der Waals surface area (Å²) in [7, 11) is 1.00. The lowest BCUT2D eigenvalue weighted by Gasteiger charge is -2.35. The Labute approximate surface area is 260 Å². The SMILES string of the molecule is CC.CC.CC.CO.OCC1CC(OCc2ccccc2)C[C@H](c2ccc(Cl)c(Cc3ccc(OC(F)(F)F)cc3)c2)O1. The predicted molar refractivity (Wildman–Crippen MR) is 169 cm³/mol. The third-order valence-corrected chi connectivity index (χ3v) is 6.25. The van der Waals surface area contributed by atoms with Gasteiger partial charge in [-0.25, -0.2) is 0 Å². The fourth-order valence-corrected chi connectivity index (χ4v) is 4.37. The average molecular weight is 629 g/mol. The van der Waals surface area contributed by atoms with Crippen LogP contribution in [-0.2, 0) is 22.5 Å². The summed E-state index contributed by atoms with van der Waals surface area (Å²) in [6.07, 6.45) is -3.75. The highest BCUT2D eigenvalue weighted by molar-refractivity contribution is 6.31. The van der Waals surface area contributed by atoms with Crippen LogP contribution in [0.4, 0.5) is 13.2 Å². The van der Waals surface area contributed by atoms with Crippen LogP contribution >= 0.6 is 11.6 Å². The third-order valence-electron chi connectivity index (χ3n) is 5.88. The highest BCUT2D eigenvalue weighted by atomic mass is 35.5. The van der Waals surface area contributed by atoms with Crippen molar-refractivity contribution in [1.82, 2.24) is 0 Å². The van der Waals surface area contributed by atoms with E-state index in [9.17, 15) is 18.3 Å². The zero-order valence-corrected chi connectivity index (χ0v) is 27.1. The van der Waals surface area contributed by atoms with Crippen LogP contribution in [0.3, 0.4) is 0 Å². The van der Waals surface area contributed by atoms with Crippen molar-refractivity contribution >= 4 is 11.6 Å². The lowest BCUT2D eigenvalue weighted by molar-refractivity contribution is -0.274. The number of alkyl halides is 3.